The molecule has 0 bridgehead atoms. The van der Waals surface area contributed by atoms with Gasteiger partial charge in [0.25, 0.3) is 0 Å². The van der Waals surface area contributed by atoms with E-state index >= 15 is 0 Å². The standard InChI is InChI=1S/C15H24N2O/c1-9-10(2)14(18-4)6-5-13(9)15(17-3)11-7-12(16)8-11/h5-6,11-12,15,17H,7-8,16H2,1-4H3. The van der Waals surface area contributed by atoms with Crippen molar-refractivity contribution in [2.75, 3.05) is 14.2 Å². The molecule has 3 N–H and O–H groups in total. The Morgan fingerprint density at radius 1 is 1.28 bits per heavy atom. The van der Waals surface area contributed by atoms with E-state index in [0.717, 1.165) is 18.6 Å². The summed E-state index contributed by atoms with van der Waals surface area (Å²) in [4.78, 5) is 0. The molecule has 3 heteroatoms. The third-order valence-corrected chi connectivity index (χ3v) is 4.33. The van der Waals surface area contributed by atoms with Gasteiger partial charge in [0.15, 0.2) is 0 Å². The lowest BCUT2D eigenvalue weighted by molar-refractivity contribution is 0.203. The van der Waals surface area contributed by atoms with Crippen LogP contribution in [0.1, 0.15) is 35.6 Å². The maximum Gasteiger partial charge on any atom is 0.122 e. The summed E-state index contributed by atoms with van der Waals surface area (Å²) in [6.07, 6.45) is 2.24. The third-order valence-electron chi connectivity index (χ3n) is 4.33. The van der Waals surface area contributed by atoms with E-state index in [4.69, 9.17) is 10.5 Å². The molecule has 1 fully saturated rings. The van der Waals surface area contributed by atoms with Crippen molar-refractivity contribution in [2.24, 2.45) is 11.7 Å². The number of benzene rings is 1. The number of methoxy groups -OCH3 is 1. The normalized spacial score (nSPS) is 24.5. The van der Waals surface area contributed by atoms with Crippen molar-refractivity contribution in [1.82, 2.24) is 5.32 Å². The Bertz CT molecular complexity index is 425. The van der Waals surface area contributed by atoms with Gasteiger partial charge in [0.05, 0.1) is 7.11 Å². The minimum Gasteiger partial charge on any atom is -0.496 e. The molecule has 3 nitrogen and oxygen atoms in total. The van der Waals surface area contributed by atoms with Crippen molar-refractivity contribution in [3.05, 3.63) is 28.8 Å². The van der Waals surface area contributed by atoms with E-state index in [2.05, 4.69) is 31.3 Å². The summed E-state index contributed by atoms with van der Waals surface area (Å²) in [6, 6.07) is 5.06. The summed E-state index contributed by atoms with van der Waals surface area (Å²) in [5, 5.41) is 3.45. The second kappa shape index (κ2) is 5.29. The zero-order valence-corrected chi connectivity index (χ0v) is 11.8. The van der Waals surface area contributed by atoms with Crippen LogP contribution in [0.3, 0.4) is 0 Å². The Labute approximate surface area is 110 Å². The fourth-order valence-electron chi connectivity index (χ4n) is 3.00. The van der Waals surface area contributed by atoms with Crippen LogP contribution < -0.4 is 15.8 Å². The smallest absolute Gasteiger partial charge is 0.122 e. The maximum atomic E-state index is 5.91. The predicted octanol–water partition coefficient (Wildman–Crippen LogP) is 2.31. The molecule has 0 spiro atoms. The van der Waals surface area contributed by atoms with Gasteiger partial charge in [-0.25, -0.2) is 0 Å². The average Bonchev–Trinajstić information content (AvgIpc) is 2.33. The minimum absolute atomic E-state index is 0.394. The first-order valence-electron chi connectivity index (χ1n) is 6.65. The van der Waals surface area contributed by atoms with Crippen LogP contribution in [0, 0.1) is 19.8 Å². The first-order chi connectivity index (χ1) is 8.58. The zero-order valence-electron chi connectivity index (χ0n) is 11.8. The van der Waals surface area contributed by atoms with E-state index in [9.17, 15) is 0 Å². The highest BCUT2D eigenvalue weighted by molar-refractivity contribution is 5.45. The fourth-order valence-corrected chi connectivity index (χ4v) is 3.00. The first-order valence-corrected chi connectivity index (χ1v) is 6.65. The van der Waals surface area contributed by atoms with Crippen LogP contribution in [-0.4, -0.2) is 20.2 Å². The van der Waals surface area contributed by atoms with E-state index in [0.29, 0.717) is 18.0 Å². The van der Waals surface area contributed by atoms with Crippen molar-refractivity contribution in [3.63, 3.8) is 0 Å². The van der Waals surface area contributed by atoms with Gasteiger partial charge < -0.3 is 15.8 Å². The Kier molecular flexibility index (Phi) is 3.93. The molecule has 1 aliphatic rings. The Morgan fingerprint density at radius 3 is 2.44 bits per heavy atom. The molecule has 0 amide bonds. The van der Waals surface area contributed by atoms with Gasteiger partial charge in [0, 0.05) is 12.1 Å². The summed E-state index contributed by atoms with van der Waals surface area (Å²) < 4.78 is 5.37. The van der Waals surface area contributed by atoms with E-state index in [1.807, 2.05) is 7.05 Å². The Hall–Kier alpha value is -1.06. The van der Waals surface area contributed by atoms with Crippen LogP contribution >= 0.6 is 0 Å². The molecular weight excluding hydrogens is 224 g/mol. The van der Waals surface area contributed by atoms with Crippen LogP contribution in [0.4, 0.5) is 0 Å². The molecule has 1 aromatic rings. The van der Waals surface area contributed by atoms with Crippen molar-refractivity contribution in [2.45, 2.75) is 38.8 Å². The molecule has 0 aliphatic heterocycles. The molecule has 1 atom stereocenters. The average molecular weight is 248 g/mol. The maximum absolute atomic E-state index is 5.91. The second-order valence-corrected chi connectivity index (χ2v) is 5.36. The van der Waals surface area contributed by atoms with Crippen molar-refractivity contribution < 1.29 is 4.74 Å². The quantitative estimate of drug-likeness (QED) is 0.859. The summed E-state index contributed by atoms with van der Waals surface area (Å²) in [5.74, 6) is 1.63. The number of hydrogen-bond acceptors (Lipinski definition) is 3. The molecule has 1 saturated carbocycles. The fraction of sp³-hybridized carbons (Fsp3) is 0.600. The largest absolute Gasteiger partial charge is 0.496 e. The van der Waals surface area contributed by atoms with Crippen molar-refractivity contribution in [1.29, 1.82) is 0 Å². The molecule has 2 rings (SSSR count). The topological polar surface area (TPSA) is 47.3 Å². The minimum atomic E-state index is 0.394. The monoisotopic (exact) mass is 248 g/mol. The molecule has 1 aliphatic carbocycles. The molecule has 1 unspecified atom stereocenters. The predicted molar refractivity (Wildman–Crippen MR) is 75.0 cm³/mol. The van der Waals surface area contributed by atoms with Crippen molar-refractivity contribution in [3.8, 4) is 5.75 Å². The zero-order chi connectivity index (χ0) is 13.3. The van der Waals surface area contributed by atoms with E-state index in [-0.39, 0.29) is 0 Å². The van der Waals surface area contributed by atoms with E-state index in [1.165, 1.54) is 16.7 Å². The summed E-state index contributed by atoms with van der Waals surface area (Å²) >= 11 is 0. The second-order valence-electron chi connectivity index (χ2n) is 5.36. The lowest BCUT2D eigenvalue weighted by Gasteiger charge is -2.39. The van der Waals surface area contributed by atoms with E-state index in [1.54, 1.807) is 7.11 Å². The van der Waals surface area contributed by atoms with Crippen LogP contribution in [-0.2, 0) is 0 Å². The first kappa shape index (κ1) is 13.4. The molecule has 0 heterocycles. The molecule has 0 radical (unpaired) electrons. The van der Waals surface area contributed by atoms with Gasteiger partial charge in [-0.2, -0.15) is 0 Å². The molecule has 100 valence electrons. The van der Waals surface area contributed by atoms with Gasteiger partial charge in [0.1, 0.15) is 5.75 Å². The Balaban J connectivity index is 2.28. The van der Waals surface area contributed by atoms with Gasteiger partial charge in [-0.15, -0.1) is 0 Å². The highest BCUT2D eigenvalue weighted by Crippen LogP contribution is 2.39. The highest BCUT2D eigenvalue weighted by atomic mass is 16.5. The van der Waals surface area contributed by atoms with Crippen molar-refractivity contribution >= 4 is 0 Å². The lowest BCUT2D eigenvalue weighted by atomic mass is 9.73. The van der Waals surface area contributed by atoms with Gasteiger partial charge in [0.2, 0.25) is 0 Å². The number of rotatable bonds is 4. The van der Waals surface area contributed by atoms with Gasteiger partial charge >= 0.3 is 0 Å². The summed E-state index contributed by atoms with van der Waals surface area (Å²) in [6.45, 7) is 4.30. The molecule has 1 aromatic carbocycles. The molecule has 18 heavy (non-hydrogen) atoms. The van der Waals surface area contributed by atoms with Gasteiger partial charge in [-0.3, -0.25) is 0 Å². The van der Waals surface area contributed by atoms with Crippen LogP contribution in [0.2, 0.25) is 0 Å². The molecular formula is C15H24N2O. The summed E-state index contributed by atoms with van der Waals surface area (Å²) in [7, 11) is 3.76. The Morgan fingerprint density at radius 2 is 1.94 bits per heavy atom. The highest BCUT2D eigenvalue weighted by Gasteiger charge is 2.33. The third kappa shape index (κ3) is 2.25. The number of ether oxygens (including phenoxy) is 1. The van der Waals surface area contributed by atoms with Crippen LogP contribution in [0.15, 0.2) is 12.1 Å². The van der Waals surface area contributed by atoms with Gasteiger partial charge in [-0.05, 0) is 62.4 Å². The molecule has 0 aromatic heterocycles. The SMILES string of the molecule is CNC(c1ccc(OC)c(C)c1C)C1CC(N)C1. The van der Waals surface area contributed by atoms with Gasteiger partial charge in [-0.1, -0.05) is 6.07 Å². The molecule has 0 saturated heterocycles. The number of nitrogens with one attached hydrogen (secondary N) is 1. The summed E-state index contributed by atoms with van der Waals surface area (Å²) in [5.41, 5.74) is 9.85. The van der Waals surface area contributed by atoms with E-state index < -0.39 is 0 Å². The lowest BCUT2D eigenvalue weighted by Crippen LogP contribution is -2.42. The number of nitrogens with two attached hydrogens (primary N) is 1. The number of hydrogen-bond donors (Lipinski definition) is 2. The van der Waals surface area contributed by atoms with Crippen LogP contribution in [0.25, 0.3) is 0 Å². The van der Waals surface area contributed by atoms with Crippen LogP contribution in [0.5, 0.6) is 5.75 Å².